The van der Waals surface area contributed by atoms with Crippen LogP contribution in [0.5, 0.6) is 0 Å². The second-order valence-corrected chi connectivity index (χ2v) is 9.75. The van der Waals surface area contributed by atoms with E-state index in [0.29, 0.717) is 13.0 Å². The minimum absolute atomic E-state index is 0.0406. The summed E-state index contributed by atoms with van der Waals surface area (Å²) in [5, 5.41) is 15.9. The van der Waals surface area contributed by atoms with Crippen LogP contribution in [-0.4, -0.2) is 52.7 Å². The van der Waals surface area contributed by atoms with Crippen LogP contribution in [0.3, 0.4) is 0 Å². The number of nitrogens with zero attached hydrogens (tertiary/aromatic N) is 1. The van der Waals surface area contributed by atoms with Gasteiger partial charge in [-0.3, -0.25) is 15.0 Å². The molecule has 2 aromatic rings. The smallest absolute Gasteiger partial charge is 0.251 e. The lowest BCUT2D eigenvalue weighted by Crippen LogP contribution is -2.57. The molecule has 0 radical (unpaired) electrons. The third-order valence-electron chi connectivity index (χ3n) is 6.02. The molecule has 0 saturated heterocycles. The first-order valence-corrected chi connectivity index (χ1v) is 12.2. The SMILES string of the molecule is CC(C)[C@H](N)C(=O)N[C@@H](Cc1ccccc1)[C@@H](O)CN(Cc1ccccc1)NC(=O)[C@@H](N)C(C)C. The third kappa shape index (κ3) is 9.41. The zero-order chi connectivity index (χ0) is 26.0. The van der Waals surface area contributed by atoms with Gasteiger partial charge in [-0.05, 0) is 29.4 Å². The fraction of sp³-hybridized carbons (Fsp3) is 0.481. The Labute approximate surface area is 209 Å². The van der Waals surface area contributed by atoms with Gasteiger partial charge in [0.05, 0.1) is 24.2 Å². The average Bonchev–Trinajstić information content (AvgIpc) is 2.83. The van der Waals surface area contributed by atoms with Crippen LogP contribution < -0.4 is 22.2 Å². The van der Waals surface area contributed by atoms with Crippen molar-refractivity contribution in [3.63, 3.8) is 0 Å². The number of rotatable bonds is 13. The molecule has 7 N–H and O–H groups in total. The number of nitrogens with two attached hydrogens (primary N) is 2. The molecule has 2 rings (SSSR count). The molecule has 0 heterocycles. The van der Waals surface area contributed by atoms with Crippen molar-refractivity contribution in [3.8, 4) is 0 Å². The molecule has 8 heteroatoms. The summed E-state index contributed by atoms with van der Waals surface area (Å²) in [6.45, 7) is 7.96. The molecule has 0 aromatic heterocycles. The van der Waals surface area contributed by atoms with Crippen molar-refractivity contribution in [2.45, 2.75) is 64.9 Å². The van der Waals surface area contributed by atoms with Crippen LogP contribution in [0.25, 0.3) is 0 Å². The van der Waals surface area contributed by atoms with E-state index >= 15 is 0 Å². The van der Waals surface area contributed by atoms with Gasteiger partial charge in [-0.1, -0.05) is 88.4 Å². The summed E-state index contributed by atoms with van der Waals surface area (Å²) < 4.78 is 0. The van der Waals surface area contributed by atoms with Crippen LogP contribution in [-0.2, 0) is 22.6 Å². The van der Waals surface area contributed by atoms with E-state index in [1.807, 2.05) is 88.4 Å². The first-order chi connectivity index (χ1) is 16.6. The maximum atomic E-state index is 12.8. The zero-order valence-corrected chi connectivity index (χ0v) is 21.2. The van der Waals surface area contributed by atoms with Crippen molar-refractivity contribution in [3.05, 3.63) is 71.8 Å². The predicted octanol–water partition coefficient (Wildman–Crippen LogP) is 1.57. The Hall–Kier alpha value is -2.78. The largest absolute Gasteiger partial charge is 0.390 e. The van der Waals surface area contributed by atoms with Gasteiger partial charge in [0.25, 0.3) is 5.91 Å². The number of aliphatic hydroxyl groups excluding tert-OH is 1. The fourth-order valence-electron chi connectivity index (χ4n) is 3.57. The monoisotopic (exact) mass is 483 g/mol. The van der Waals surface area contributed by atoms with Crippen LogP contribution in [0.1, 0.15) is 38.8 Å². The maximum absolute atomic E-state index is 12.8. The lowest BCUT2D eigenvalue weighted by molar-refractivity contribution is -0.130. The molecule has 0 spiro atoms. The van der Waals surface area contributed by atoms with E-state index in [0.717, 1.165) is 11.1 Å². The number of carbonyl (C=O) groups excluding carboxylic acids is 2. The van der Waals surface area contributed by atoms with Crippen LogP contribution >= 0.6 is 0 Å². The Morgan fingerprint density at radius 3 is 1.83 bits per heavy atom. The van der Waals surface area contributed by atoms with Crippen molar-refractivity contribution >= 4 is 11.8 Å². The zero-order valence-electron chi connectivity index (χ0n) is 21.2. The van der Waals surface area contributed by atoms with Crippen LogP contribution in [0.2, 0.25) is 0 Å². The quantitative estimate of drug-likeness (QED) is 0.275. The summed E-state index contributed by atoms with van der Waals surface area (Å²) in [7, 11) is 0. The minimum Gasteiger partial charge on any atom is -0.390 e. The summed E-state index contributed by atoms with van der Waals surface area (Å²) in [5.41, 5.74) is 16.9. The molecule has 192 valence electrons. The van der Waals surface area contributed by atoms with Crippen molar-refractivity contribution in [2.24, 2.45) is 23.3 Å². The summed E-state index contributed by atoms with van der Waals surface area (Å²) in [6.07, 6.45) is -0.574. The molecule has 0 saturated carbocycles. The second-order valence-electron chi connectivity index (χ2n) is 9.75. The molecular weight excluding hydrogens is 442 g/mol. The first kappa shape index (κ1) is 28.5. The van der Waals surface area contributed by atoms with Gasteiger partial charge in [0.2, 0.25) is 5.91 Å². The number of hydrogen-bond donors (Lipinski definition) is 5. The highest BCUT2D eigenvalue weighted by Gasteiger charge is 2.28. The van der Waals surface area contributed by atoms with E-state index in [1.165, 1.54) is 0 Å². The summed E-state index contributed by atoms with van der Waals surface area (Å²) in [6, 6.07) is 17.3. The van der Waals surface area contributed by atoms with Crippen LogP contribution in [0.4, 0.5) is 0 Å². The van der Waals surface area contributed by atoms with Crippen molar-refractivity contribution < 1.29 is 14.7 Å². The topological polar surface area (TPSA) is 134 Å². The van der Waals surface area contributed by atoms with Gasteiger partial charge in [-0.2, -0.15) is 0 Å². The summed E-state index contributed by atoms with van der Waals surface area (Å²) >= 11 is 0. The normalized spacial score (nSPS) is 15.0. The van der Waals surface area contributed by atoms with Gasteiger partial charge in [-0.25, -0.2) is 5.01 Å². The number of hydrazine groups is 1. The van der Waals surface area contributed by atoms with Gasteiger partial charge in [-0.15, -0.1) is 0 Å². The van der Waals surface area contributed by atoms with Crippen LogP contribution in [0.15, 0.2) is 60.7 Å². The fourth-order valence-corrected chi connectivity index (χ4v) is 3.57. The molecule has 0 bridgehead atoms. The molecular formula is C27H41N5O3. The van der Waals surface area contributed by atoms with Crippen molar-refractivity contribution in [1.82, 2.24) is 15.8 Å². The number of amides is 2. The Bertz CT molecular complexity index is 908. The third-order valence-corrected chi connectivity index (χ3v) is 6.02. The number of carbonyl (C=O) groups is 2. The van der Waals surface area contributed by atoms with Gasteiger partial charge in [0.15, 0.2) is 0 Å². The summed E-state index contributed by atoms with van der Waals surface area (Å²) in [5.74, 6) is -0.730. The molecule has 35 heavy (non-hydrogen) atoms. The lowest BCUT2D eigenvalue weighted by Gasteiger charge is -2.32. The molecule has 2 amide bonds. The number of aliphatic hydroxyl groups is 1. The van der Waals surface area contributed by atoms with Gasteiger partial charge >= 0.3 is 0 Å². The average molecular weight is 484 g/mol. The van der Waals surface area contributed by atoms with Gasteiger partial charge < -0.3 is 21.9 Å². The first-order valence-electron chi connectivity index (χ1n) is 12.2. The number of hydrogen-bond acceptors (Lipinski definition) is 6. The molecule has 0 unspecified atom stereocenters. The van der Waals surface area contributed by atoms with Gasteiger partial charge in [0, 0.05) is 13.1 Å². The van der Waals surface area contributed by atoms with E-state index in [1.54, 1.807) is 5.01 Å². The highest BCUT2D eigenvalue weighted by atomic mass is 16.3. The lowest BCUT2D eigenvalue weighted by atomic mass is 9.98. The summed E-state index contributed by atoms with van der Waals surface area (Å²) in [4.78, 5) is 25.5. The van der Waals surface area contributed by atoms with E-state index in [-0.39, 0.29) is 30.2 Å². The van der Waals surface area contributed by atoms with E-state index in [2.05, 4.69) is 10.7 Å². The molecule has 0 aliphatic rings. The highest BCUT2D eigenvalue weighted by Crippen LogP contribution is 2.11. The predicted molar refractivity (Wildman–Crippen MR) is 139 cm³/mol. The number of nitrogens with one attached hydrogen (secondary N) is 2. The minimum atomic E-state index is -0.988. The Kier molecular flexibility index (Phi) is 11.3. The maximum Gasteiger partial charge on any atom is 0.251 e. The molecule has 0 aliphatic heterocycles. The van der Waals surface area contributed by atoms with E-state index in [4.69, 9.17) is 11.5 Å². The van der Waals surface area contributed by atoms with Crippen LogP contribution in [0, 0.1) is 11.8 Å². The molecule has 0 aliphatic carbocycles. The highest BCUT2D eigenvalue weighted by molar-refractivity contribution is 5.82. The second kappa shape index (κ2) is 13.9. The molecule has 4 atom stereocenters. The van der Waals surface area contributed by atoms with Gasteiger partial charge in [0.1, 0.15) is 0 Å². The molecule has 2 aromatic carbocycles. The van der Waals surface area contributed by atoms with E-state index < -0.39 is 24.2 Å². The Morgan fingerprint density at radius 1 is 0.829 bits per heavy atom. The molecule has 0 fully saturated rings. The molecule has 8 nitrogen and oxygen atoms in total. The number of benzene rings is 2. The van der Waals surface area contributed by atoms with Crippen molar-refractivity contribution in [1.29, 1.82) is 0 Å². The standard InChI is InChI=1S/C27H41N5O3/c1-18(2)24(28)26(34)30-22(15-20-11-7-5-8-12-20)23(33)17-32(16-21-13-9-6-10-14-21)31-27(35)25(29)19(3)4/h5-14,18-19,22-25,33H,15-17,28-29H2,1-4H3,(H,30,34)(H,31,35)/t22-,23-,24-,25-/m0/s1. The Balaban J connectivity index is 2.23. The Morgan fingerprint density at radius 2 is 1.31 bits per heavy atom. The van der Waals surface area contributed by atoms with Crippen molar-refractivity contribution in [2.75, 3.05) is 6.54 Å². The van der Waals surface area contributed by atoms with E-state index in [9.17, 15) is 14.7 Å².